The summed E-state index contributed by atoms with van der Waals surface area (Å²) >= 11 is 23.6. The van der Waals surface area contributed by atoms with Crippen LogP contribution in [0.4, 0.5) is 5.69 Å². The molecular weight excluding hydrogens is 649 g/mol. The van der Waals surface area contributed by atoms with E-state index in [1.54, 1.807) is 48.5 Å². The van der Waals surface area contributed by atoms with Crippen LogP contribution in [0.2, 0.25) is 15.1 Å². The van der Waals surface area contributed by atoms with Gasteiger partial charge >= 0.3 is 0 Å². The van der Waals surface area contributed by atoms with Crippen molar-refractivity contribution in [1.29, 1.82) is 5.26 Å². The largest absolute Gasteiger partial charge is 0.487 e. The van der Waals surface area contributed by atoms with Gasteiger partial charge < -0.3 is 10.1 Å². The molecule has 32 heavy (non-hydrogen) atoms. The summed E-state index contributed by atoms with van der Waals surface area (Å²) in [5.41, 5.74) is 1.97. The van der Waals surface area contributed by atoms with Crippen LogP contribution in [0.1, 0.15) is 11.1 Å². The molecule has 0 bridgehead atoms. The molecule has 0 atom stereocenters. The van der Waals surface area contributed by atoms with E-state index in [1.807, 2.05) is 12.1 Å². The molecule has 0 radical (unpaired) electrons. The molecule has 1 N–H and O–H groups in total. The lowest BCUT2D eigenvalue weighted by molar-refractivity contribution is -0.112. The monoisotopic (exact) mass is 660 g/mol. The molecule has 0 fully saturated rings. The fraction of sp³-hybridized carbons (Fsp3) is 0.0435. The minimum absolute atomic E-state index is 0.0377. The molecule has 0 saturated heterocycles. The highest BCUT2D eigenvalue weighted by atomic mass is 127. The van der Waals surface area contributed by atoms with Gasteiger partial charge in [-0.15, -0.1) is 0 Å². The Labute approximate surface area is 222 Å². The Kier molecular flexibility index (Phi) is 8.86. The van der Waals surface area contributed by atoms with Crippen molar-refractivity contribution in [3.05, 3.63) is 94.4 Å². The maximum atomic E-state index is 12.5. The van der Waals surface area contributed by atoms with E-state index >= 15 is 0 Å². The minimum Gasteiger partial charge on any atom is -0.487 e. The van der Waals surface area contributed by atoms with Crippen molar-refractivity contribution in [2.24, 2.45) is 0 Å². The molecule has 4 nitrogen and oxygen atoms in total. The molecular formula is C23H13BrCl3IN2O2. The van der Waals surface area contributed by atoms with Crippen molar-refractivity contribution in [2.75, 3.05) is 5.32 Å². The van der Waals surface area contributed by atoms with Gasteiger partial charge in [-0.1, -0.05) is 40.9 Å². The van der Waals surface area contributed by atoms with Crippen molar-refractivity contribution in [2.45, 2.75) is 6.61 Å². The molecule has 0 unspecified atom stereocenters. The quantitative estimate of drug-likeness (QED) is 0.165. The van der Waals surface area contributed by atoms with E-state index in [2.05, 4.69) is 43.8 Å². The maximum absolute atomic E-state index is 12.5. The van der Waals surface area contributed by atoms with E-state index in [9.17, 15) is 10.1 Å². The second-order valence-corrected chi connectivity index (χ2v) is 9.77. The number of amides is 1. The Morgan fingerprint density at radius 3 is 2.41 bits per heavy atom. The Balaban J connectivity index is 1.77. The second-order valence-electron chi connectivity index (χ2n) is 6.47. The van der Waals surface area contributed by atoms with Crippen molar-refractivity contribution in [1.82, 2.24) is 0 Å². The third-order valence-corrected chi connectivity index (χ3v) is 6.42. The van der Waals surface area contributed by atoms with Gasteiger partial charge in [0, 0.05) is 26.3 Å². The SMILES string of the molecule is N#C/C(=C/c1cc(Br)c(OCc2ccc(Cl)cc2Cl)c(I)c1)C(=O)Nc1ccc(Cl)cc1. The van der Waals surface area contributed by atoms with Crippen LogP contribution < -0.4 is 10.1 Å². The number of carbonyl (C=O) groups is 1. The molecule has 3 rings (SSSR count). The average molecular weight is 663 g/mol. The first-order chi connectivity index (χ1) is 15.3. The van der Waals surface area contributed by atoms with E-state index in [0.29, 0.717) is 36.5 Å². The molecule has 0 saturated carbocycles. The fourth-order valence-electron chi connectivity index (χ4n) is 2.64. The topological polar surface area (TPSA) is 62.1 Å². The molecule has 162 valence electrons. The lowest BCUT2D eigenvalue weighted by Crippen LogP contribution is -2.13. The van der Waals surface area contributed by atoms with E-state index in [-0.39, 0.29) is 12.2 Å². The molecule has 0 spiro atoms. The van der Waals surface area contributed by atoms with Crippen LogP contribution in [0, 0.1) is 14.9 Å². The van der Waals surface area contributed by atoms with E-state index in [0.717, 1.165) is 9.13 Å². The Bertz CT molecular complexity index is 1220. The number of ether oxygens (including phenoxy) is 1. The second kappa shape index (κ2) is 11.4. The predicted molar refractivity (Wildman–Crippen MR) is 141 cm³/mol. The van der Waals surface area contributed by atoms with Gasteiger partial charge in [0.1, 0.15) is 24.0 Å². The molecule has 9 heteroatoms. The predicted octanol–water partition coefficient (Wildman–Crippen LogP) is 8.14. The normalized spacial score (nSPS) is 11.1. The van der Waals surface area contributed by atoms with E-state index < -0.39 is 5.91 Å². The zero-order valence-corrected chi connectivity index (χ0v) is 22.1. The standard InChI is InChI=1S/C23H13BrCl3IN2O2/c24-19-8-13(7-15(11-29)23(31)30-18-5-3-16(25)4-6-18)9-21(28)22(19)32-12-14-1-2-17(26)10-20(14)27/h1-10H,12H2,(H,30,31)/b15-7-. The molecule has 0 aliphatic rings. The summed E-state index contributed by atoms with van der Waals surface area (Å²) in [6, 6.07) is 17.4. The van der Waals surface area contributed by atoms with Crippen LogP contribution in [0.5, 0.6) is 5.75 Å². The van der Waals surface area contributed by atoms with Gasteiger partial charge in [0.25, 0.3) is 5.91 Å². The van der Waals surface area contributed by atoms with Gasteiger partial charge in [0.05, 0.1) is 8.04 Å². The lowest BCUT2D eigenvalue weighted by Gasteiger charge is -2.13. The van der Waals surface area contributed by atoms with Crippen LogP contribution in [0.25, 0.3) is 6.08 Å². The van der Waals surface area contributed by atoms with Crippen molar-refractivity contribution < 1.29 is 9.53 Å². The number of anilines is 1. The van der Waals surface area contributed by atoms with Gasteiger partial charge in [0.15, 0.2) is 0 Å². The lowest BCUT2D eigenvalue weighted by atomic mass is 10.1. The van der Waals surface area contributed by atoms with Crippen molar-refractivity contribution in [3.63, 3.8) is 0 Å². The molecule has 3 aromatic carbocycles. The Hall–Kier alpha value is -1.76. The average Bonchev–Trinajstić information content (AvgIpc) is 2.74. The Morgan fingerprint density at radius 2 is 1.78 bits per heavy atom. The summed E-state index contributed by atoms with van der Waals surface area (Å²) in [5.74, 6) is 0.108. The number of nitriles is 1. The van der Waals surface area contributed by atoms with Crippen LogP contribution in [-0.2, 0) is 11.4 Å². The number of nitrogens with zero attached hydrogens (tertiary/aromatic N) is 1. The minimum atomic E-state index is -0.515. The number of rotatable bonds is 6. The zero-order chi connectivity index (χ0) is 23.3. The highest BCUT2D eigenvalue weighted by molar-refractivity contribution is 14.1. The van der Waals surface area contributed by atoms with Crippen molar-refractivity contribution in [3.8, 4) is 11.8 Å². The van der Waals surface area contributed by atoms with Crippen LogP contribution in [-0.4, -0.2) is 5.91 Å². The number of carbonyl (C=O) groups excluding carboxylic acids is 1. The first-order valence-corrected chi connectivity index (χ1v) is 12.0. The first kappa shape index (κ1) is 24.9. The maximum Gasteiger partial charge on any atom is 0.266 e. The van der Waals surface area contributed by atoms with Gasteiger partial charge in [-0.25, -0.2) is 0 Å². The van der Waals surface area contributed by atoms with E-state index in [1.165, 1.54) is 6.08 Å². The molecule has 3 aromatic rings. The smallest absolute Gasteiger partial charge is 0.266 e. The highest BCUT2D eigenvalue weighted by Crippen LogP contribution is 2.34. The van der Waals surface area contributed by atoms with Gasteiger partial charge in [-0.05, 0) is 98.7 Å². The summed E-state index contributed by atoms with van der Waals surface area (Å²) < 4.78 is 7.41. The number of halogens is 5. The third-order valence-electron chi connectivity index (χ3n) is 4.19. The molecule has 0 aliphatic heterocycles. The Morgan fingerprint density at radius 1 is 1.09 bits per heavy atom. The van der Waals surface area contributed by atoms with Crippen LogP contribution >= 0.6 is 73.3 Å². The first-order valence-electron chi connectivity index (χ1n) is 9.01. The number of benzene rings is 3. The number of hydrogen-bond donors (Lipinski definition) is 1. The molecule has 0 aliphatic carbocycles. The summed E-state index contributed by atoms with van der Waals surface area (Å²) in [6.07, 6.45) is 1.51. The van der Waals surface area contributed by atoms with Crippen LogP contribution in [0.3, 0.4) is 0 Å². The number of nitrogens with one attached hydrogen (secondary N) is 1. The summed E-state index contributed by atoms with van der Waals surface area (Å²) in [7, 11) is 0. The molecule has 0 aromatic heterocycles. The molecule has 0 heterocycles. The summed E-state index contributed by atoms with van der Waals surface area (Å²) in [5, 5.41) is 13.8. The van der Waals surface area contributed by atoms with Gasteiger partial charge in [-0.2, -0.15) is 5.26 Å². The summed E-state index contributed by atoms with van der Waals surface area (Å²) in [4.78, 5) is 12.5. The fourth-order valence-corrected chi connectivity index (χ4v) is 4.99. The van der Waals surface area contributed by atoms with Gasteiger partial charge in [-0.3, -0.25) is 4.79 Å². The van der Waals surface area contributed by atoms with Crippen molar-refractivity contribution >= 4 is 91.0 Å². The number of hydrogen-bond acceptors (Lipinski definition) is 3. The third kappa shape index (κ3) is 6.63. The van der Waals surface area contributed by atoms with Crippen LogP contribution in [0.15, 0.2) is 64.6 Å². The molecule has 1 amide bonds. The summed E-state index contributed by atoms with van der Waals surface area (Å²) in [6.45, 7) is 0.257. The van der Waals surface area contributed by atoms with E-state index in [4.69, 9.17) is 39.5 Å². The zero-order valence-electron chi connectivity index (χ0n) is 16.1. The highest BCUT2D eigenvalue weighted by Gasteiger charge is 2.13. The van der Waals surface area contributed by atoms with Gasteiger partial charge in [0.2, 0.25) is 0 Å².